The van der Waals surface area contributed by atoms with Gasteiger partial charge in [0.15, 0.2) is 0 Å². The molecule has 1 spiro atoms. The van der Waals surface area contributed by atoms with E-state index in [0.717, 1.165) is 3.63 Å². The predicted molar refractivity (Wildman–Crippen MR) is 111 cm³/mol. The summed E-state index contributed by atoms with van der Waals surface area (Å²) in [5.74, 6) is 0. The van der Waals surface area contributed by atoms with Gasteiger partial charge >= 0.3 is 179 Å². The number of rotatable bonds is 0. The van der Waals surface area contributed by atoms with E-state index in [1.54, 1.807) is 50.1 Å². The van der Waals surface area contributed by atoms with Crippen molar-refractivity contribution in [1.29, 1.82) is 0 Å². The zero-order chi connectivity index (χ0) is 18.5. The summed E-state index contributed by atoms with van der Waals surface area (Å²) in [5, 5.41) is 0. The molecule has 4 bridgehead atoms. The molecule has 2 unspecified atom stereocenters. The summed E-state index contributed by atoms with van der Waals surface area (Å²) in [6.45, 7) is 2.42. The Kier molecular flexibility index (Phi) is 4.98. The standard InChI is InChI=1S/C27H22.2ClH.Zr/c1-17-18-9-10-21-15-20-5-2-3-7-22(20)23(21)13-12-19-6-4-8-24-25(14-11-18)26(17)16-27(19)24;;;/h2-8,11,14-16H,9-10,12-13H2,1H3;2*1H;/q;;;+2/p-2. The van der Waals surface area contributed by atoms with Gasteiger partial charge in [-0.1, -0.05) is 0 Å². The van der Waals surface area contributed by atoms with E-state index in [2.05, 4.69) is 67.6 Å². The molecule has 0 fully saturated rings. The molecular weight excluding hydrogens is 486 g/mol. The van der Waals surface area contributed by atoms with Crippen LogP contribution in [-0.4, -0.2) is 0 Å². The van der Waals surface area contributed by atoms with Crippen molar-refractivity contribution in [3.05, 3.63) is 99.1 Å². The van der Waals surface area contributed by atoms with Crippen molar-refractivity contribution in [1.82, 2.24) is 0 Å². The van der Waals surface area contributed by atoms with E-state index in [0.29, 0.717) is 3.12 Å². The Morgan fingerprint density at radius 2 is 1.63 bits per heavy atom. The molecule has 2 atom stereocenters. The molecule has 0 nitrogen and oxygen atoms in total. The summed E-state index contributed by atoms with van der Waals surface area (Å²) in [6, 6.07) is 21.4. The SMILES string of the molecule is Cc1c2ccc3c1[CH]1[Zr+2][C]4(CCc5cccc-3c51)C(=Cc1ccccc14)CC2.[Cl-].[Cl-]. The quantitative estimate of drug-likeness (QED) is 0.411. The van der Waals surface area contributed by atoms with Gasteiger partial charge in [-0.05, 0) is 0 Å². The minimum atomic E-state index is -0.807. The molecule has 4 aliphatic rings. The molecule has 2 aliphatic heterocycles. The van der Waals surface area contributed by atoms with Crippen molar-refractivity contribution in [2.24, 2.45) is 0 Å². The Bertz CT molecular complexity index is 1230. The molecule has 7 rings (SSSR count). The fraction of sp³-hybridized carbons (Fsp3) is 0.259. The zero-order valence-electron chi connectivity index (χ0n) is 16.9. The monoisotopic (exact) mass is 506 g/mol. The van der Waals surface area contributed by atoms with E-state index in [-0.39, 0.29) is 24.8 Å². The van der Waals surface area contributed by atoms with Crippen LogP contribution in [0, 0.1) is 6.92 Å². The molecule has 0 amide bonds. The van der Waals surface area contributed by atoms with Crippen LogP contribution >= 0.6 is 0 Å². The van der Waals surface area contributed by atoms with Gasteiger partial charge in [0.25, 0.3) is 0 Å². The van der Waals surface area contributed by atoms with Gasteiger partial charge in [0.05, 0.1) is 0 Å². The van der Waals surface area contributed by atoms with Crippen molar-refractivity contribution in [2.45, 2.75) is 39.4 Å². The molecule has 3 aromatic carbocycles. The van der Waals surface area contributed by atoms with Crippen molar-refractivity contribution in [3.63, 3.8) is 0 Å². The van der Waals surface area contributed by atoms with Crippen LogP contribution < -0.4 is 24.8 Å². The average Bonchev–Trinajstić information content (AvgIpc) is 3.13. The van der Waals surface area contributed by atoms with Crippen LogP contribution in [0.1, 0.15) is 55.4 Å². The van der Waals surface area contributed by atoms with Crippen LogP contribution in [0.15, 0.2) is 60.2 Å². The normalized spacial score (nSPS) is 23.1. The number of aryl methyl sites for hydroxylation is 2. The number of hydrogen-bond acceptors (Lipinski definition) is 0. The van der Waals surface area contributed by atoms with Crippen LogP contribution in [0.3, 0.4) is 0 Å². The van der Waals surface area contributed by atoms with E-state index in [1.807, 2.05) is 0 Å². The number of halogens is 2. The summed E-state index contributed by atoms with van der Waals surface area (Å²) in [5.41, 5.74) is 16.4. The van der Waals surface area contributed by atoms with Crippen molar-refractivity contribution < 1.29 is 48.0 Å². The van der Waals surface area contributed by atoms with Crippen LogP contribution in [-0.2, 0) is 39.2 Å². The summed E-state index contributed by atoms with van der Waals surface area (Å²) < 4.78 is 1.11. The summed E-state index contributed by atoms with van der Waals surface area (Å²) in [6.07, 6.45) is 7.61. The van der Waals surface area contributed by atoms with Gasteiger partial charge < -0.3 is 24.8 Å². The minimum absolute atomic E-state index is 0. The number of allylic oxidation sites excluding steroid dienone is 1. The fourth-order valence-corrected chi connectivity index (χ4v) is 12.7. The van der Waals surface area contributed by atoms with Gasteiger partial charge in [-0.2, -0.15) is 0 Å². The number of benzene rings is 3. The molecule has 0 radical (unpaired) electrons. The van der Waals surface area contributed by atoms with Crippen LogP contribution in [0.2, 0.25) is 0 Å². The average molecular weight is 509 g/mol. The van der Waals surface area contributed by atoms with Crippen molar-refractivity contribution in [3.8, 4) is 11.1 Å². The molecule has 2 aliphatic carbocycles. The molecule has 2 heterocycles. The molecule has 30 heavy (non-hydrogen) atoms. The van der Waals surface area contributed by atoms with Gasteiger partial charge in [0.2, 0.25) is 0 Å². The van der Waals surface area contributed by atoms with Gasteiger partial charge in [-0.15, -0.1) is 0 Å². The maximum Gasteiger partial charge on any atom is -1.00 e. The Labute approximate surface area is 202 Å². The third-order valence-electron chi connectivity index (χ3n) is 7.81. The Hall–Kier alpha value is -1.14. The maximum atomic E-state index is 2.59. The second kappa shape index (κ2) is 7.20. The Morgan fingerprint density at radius 3 is 2.53 bits per heavy atom. The predicted octanol–water partition coefficient (Wildman–Crippen LogP) is 0.340. The third-order valence-corrected chi connectivity index (χ3v) is 13.2. The molecule has 0 saturated heterocycles. The molecule has 0 N–H and O–H groups in total. The first kappa shape index (κ1) is 20.7. The molecular formula is C27H22Cl2Zr. The summed E-state index contributed by atoms with van der Waals surface area (Å²) in [7, 11) is 0. The molecule has 148 valence electrons. The third kappa shape index (κ3) is 2.50. The van der Waals surface area contributed by atoms with Gasteiger partial charge in [0.1, 0.15) is 0 Å². The largest absolute Gasteiger partial charge is 1.00 e. The van der Waals surface area contributed by atoms with Gasteiger partial charge in [-0.25, -0.2) is 0 Å². The molecule has 3 heteroatoms. The fourth-order valence-electron chi connectivity index (χ4n) is 6.50. The van der Waals surface area contributed by atoms with E-state index in [1.165, 1.54) is 31.2 Å². The van der Waals surface area contributed by atoms with Gasteiger partial charge in [-0.3, -0.25) is 0 Å². The first-order valence-electron chi connectivity index (χ1n) is 10.6. The first-order valence-corrected chi connectivity index (χ1v) is 13.2. The van der Waals surface area contributed by atoms with Crippen molar-refractivity contribution >= 4 is 6.08 Å². The van der Waals surface area contributed by atoms with Crippen LogP contribution in [0.25, 0.3) is 17.2 Å². The zero-order valence-corrected chi connectivity index (χ0v) is 20.9. The van der Waals surface area contributed by atoms with E-state index in [9.17, 15) is 0 Å². The summed E-state index contributed by atoms with van der Waals surface area (Å²) in [4.78, 5) is 0. The number of hydrogen-bond donors (Lipinski definition) is 0. The Morgan fingerprint density at radius 1 is 0.800 bits per heavy atom. The van der Waals surface area contributed by atoms with E-state index in [4.69, 9.17) is 0 Å². The molecule has 3 aromatic rings. The Balaban J connectivity index is 0.000000963. The van der Waals surface area contributed by atoms with Gasteiger partial charge in [0, 0.05) is 0 Å². The van der Waals surface area contributed by atoms with Crippen molar-refractivity contribution in [2.75, 3.05) is 0 Å². The van der Waals surface area contributed by atoms with Crippen LogP contribution in [0.4, 0.5) is 0 Å². The second-order valence-electron chi connectivity index (χ2n) is 8.93. The summed E-state index contributed by atoms with van der Waals surface area (Å²) >= 11 is -0.807. The molecule has 0 saturated carbocycles. The first-order chi connectivity index (χ1) is 13.8. The van der Waals surface area contributed by atoms with E-state index < -0.39 is 23.2 Å². The smallest absolute Gasteiger partial charge is 1.00 e. The second-order valence-corrected chi connectivity index (χ2v) is 13.2. The maximum absolute atomic E-state index is 2.59. The molecule has 0 aromatic heterocycles. The topological polar surface area (TPSA) is 0 Å². The van der Waals surface area contributed by atoms with Crippen LogP contribution in [0.5, 0.6) is 0 Å². The van der Waals surface area contributed by atoms with E-state index >= 15 is 0 Å². The number of fused-ring (bicyclic) bond motifs is 3. The minimum Gasteiger partial charge on any atom is -1.00 e.